The van der Waals surface area contributed by atoms with Gasteiger partial charge in [0.1, 0.15) is 11.0 Å². The van der Waals surface area contributed by atoms with Crippen LogP contribution in [-0.2, 0) is 20.6 Å². The number of H-pyrrole nitrogens is 1. The third-order valence-corrected chi connectivity index (χ3v) is 10.0. The molecule has 1 fully saturated rings. The zero-order chi connectivity index (χ0) is 33.5. The molecule has 2 aliphatic rings. The molecule has 0 radical (unpaired) electrons. The van der Waals surface area contributed by atoms with E-state index in [4.69, 9.17) is 14.2 Å². The standard InChI is InChI=1S/C32H26F3N3O7S2/c1-3-44-22-13-16(7-12-21(22)45-15-23(39)36-18-6-4-5-17(14-18)32(33,34)35)24-25-27(46-28-26(24)47-31(42)37-28)30(41)38(29(25)40)19-8-10-20(43-2)11-9-19/h4-14,24-25,27H,3,15H2,1-2H3,(H,36,39)(H,37,42)/t24-,25-,27+/m0/s1. The van der Waals surface area contributed by atoms with Crippen molar-refractivity contribution in [1.82, 2.24) is 4.98 Å². The van der Waals surface area contributed by atoms with Crippen LogP contribution >= 0.6 is 23.1 Å². The van der Waals surface area contributed by atoms with Crippen LogP contribution in [0.25, 0.3) is 0 Å². The molecule has 0 unspecified atom stereocenters. The predicted octanol–water partition coefficient (Wildman–Crippen LogP) is 5.68. The Morgan fingerprint density at radius 1 is 0.979 bits per heavy atom. The molecule has 0 bridgehead atoms. The van der Waals surface area contributed by atoms with Gasteiger partial charge in [-0.15, -0.1) is 0 Å². The molecule has 15 heteroatoms. The molecule has 244 valence electrons. The van der Waals surface area contributed by atoms with E-state index in [9.17, 15) is 32.3 Å². The Morgan fingerprint density at radius 2 is 1.74 bits per heavy atom. The van der Waals surface area contributed by atoms with Crippen LogP contribution in [0.1, 0.15) is 28.8 Å². The maximum Gasteiger partial charge on any atom is 0.416 e. The van der Waals surface area contributed by atoms with Crippen LogP contribution in [0.3, 0.4) is 0 Å². The van der Waals surface area contributed by atoms with E-state index in [-0.39, 0.29) is 28.7 Å². The number of aromatic nitrogens is 1. The number of halogens is 3. The van der Waals surface area contributed by atoms with Crippen LogP contribution < -0.4 is 29.3 Å². The van der Waals surface area contributed by atoms with E-state index in [1.807, 2.05) is 0 Å². The number of carbonyl (C=O) groups excluding carboxylic acids is 3. The summed E-state index contributed by atoms with van der Waals surface area (Å²) in [6.07, 6.45) is -4.57. The highest BCUT2D eigenvalue weighted by Gasteiger charge is 2.56. The largest absolute Gasteiger partial charge is 0.497 e. The average molecular weight is 686 g/mol. The predicted molar refractivity (Wildman–Crippen MR) is 169 cm³/mol. The highest BCUT2D eigenvalue weighted by atomic mass is 32.2. The van der Waals surface area contributed by atoms with E-state index in [2.05, 4.69) is 10.3 Å². The van der Waals surface area contributed by atoms with Gasteiger partial charge in [-0.1, -0.05) is 35.2 Å². The van der Waals surface area contributed by atoms with E-state index in [1.165, 1.54) is 19.2 Å². The number of methoxy groups -OCH3 is 1. The third kappa shape index (κ3) is 6.32. The molecule has 10 nitrogen and oxygen atoms in total. The topological polar surface area (TPSA) is 127 Å². The summed E-state index contributed by atoms with van der Waals surface area (Å²) in [6, 6.07) is 15.7. The van der Waals surface area contributed by atoms with Crippen LogP contribution in [0.15, 0.2) is 76.6 Å². The summed E-state index contributed by atoms with van der Waals surface area (Å²) in [5, 5.41) is 2.09. The van der Waals surface area contributed by atoms with Gasteiger partial charge in [-0.2, -0.15) is 13.2 Å². The van der Waals surface area contributed by atoms with Crippen LogP contribution in [0.4, 0.5) is 24.5 Å². The molecule has 1 saturated heterocycles. The minimum atomic E-state index is -4.57. The summed E-state index contributed by atoms with van der Waals surface area (Å²) in [7, 11) is 1.51. The summed E-state index contributed by atoms with van der Waals surface area (Å²) < 4.78 is 55.9. The third-order valence-electron chi connectivity index (χ3n) is 7.61. The zero-order valence-electron chi connectivity index (χ0n) is 24.8. The van der Waals surface area contributed by atoms with Gasteiger partial charge >= 0.3 is 11.0 Å². The Morgan fingerprint density at radius 3 is 2.45 bits per heavy atom. The number of alkyl halides is 3. The van der Waals surface area contributed by atoms with Crippen molar-refractivity contribution >= 4 is 52.2 Å². The first-order valence-corrected chi connectivity index (χ1v) is 16.0. The summed E-state index contributed by atoms with van der Waals surface area (Å²) in [5.74, 6) is -2.07. The smallest absolute Gasteiger partial charge is 0.416 e. The van der Waals surface area contributed by atoms with Crippen molar-refractivity contribution < 1.29 is 41.8 Å². The number of rotatable bonds is 9. The molecule has 4 aromatic rings. The van der Waals surface area contributed by atoms with Crippen molar-refractivity contribution in [2.45, 2.75) is 29.3 Å². The molecule has 2 aliphatic heterocycles. The summed E-state index contributed by atoms with van der Waals surface area (Å²) >= 11 is 2.11. The number of thioether (sulfide) groups is 1. The van der Waals surface area contributed by atoms with E-state index in [1.54, 1.807) is 49.4 Å². The second-order valence-electron chi connectivity index (χ2n) is 10.5. The van der Waals surface area contributed by atoms with Crippen molar-refractivity contribution in [3.05, 3.63) is 92.4 Å². The molecule has 1 aromatic heterocycles. The van der Waals surface area contributed by atoms with Crippen molar-refractivity contribution in [3.63, 3.8) is 0 Å². The molecule has 6 rings (SSSR count). The summed E-state index contributed by atoms with van der Waals surface area (Å²) in [6.45, 7) is 1.42. The SMILES string of the molecule is CCOc1cc([C@@H]2c3sc(=O)[nH]c3S[C@H]3C(=O)N(c4ccc(OC)cc4)C(=O)[C@@H]23)ccc1OCC(=O)Nc1cccc(C(F)(F)F)c1. The lowest BCUT2D eigenvalue weighted by molar-refractivity contribution is -0.137. The van der Waals surface area contributed by atoms with Gasteiger partial charge in [-0.05, 0) is 67.1 Å². The van der Waals surface area contributed by atoms with E-state index >= 15 is 0 Å². The minimum Gasteiger partial charge on any atom is -0.497 e. The number of hydrogen-bond acceptors (Lipinski definition) is 9. The first-order chi connectivity index (χ1) is 22.5. The molecule has 3 heterocycles. The number of ether oxygens (including phenoxy) is 3. The number of fused-ring (bicyclic) bond motifs is 2. The van der Waals surface area contributed by atoms with Crippen LogP contribution in [0, 0.1) is 5.92 Å². The maximum atomic E-state index is 14.0. The van der Waals surface area contributed by atoms with Gasteiger partial charge in [-0.25, -0.2) is 4.90 Å². The number of amides is 3. The van der Waals surface area contributed by atoms with Crippen LogP contribution in [0.2, 0.25) is 0 Å². The second kappa shape index (κ2) is 12.8. The van der Waals surface area contributed by atoms with Gasteiger partial charge in [0.25, 0.3) is 5.91 Å². The Bertz CT molecular complexity index is 1910. The molecule has 2 N–H and O–H groups in total. The summed E-state index contributed by atoms with van der Waals surface area (Å²) in [4.78, 5) is 57.0. The second-order valence-corrected chi connectivity index (χ2v) is 12.7. The van der Waals surface area contributed by atoms with Crippen LogP contribution in [0.5, 0.6) is 17.2 Å². The fraction of sp³-hybridized carbons (Fsp3) is 0.250. The van der Waals surface area contributed by atoms with Gasteiger partial charge in [0.15, 0.2) is 18.1 Å². The number of hydrogen-bond donors (Lipinski definition) is 2. The molecular formula is C32H26F3N3O7S2. The zero-order valence-corrected chi connectivity index (χ0v) is 26.4. The molecular weight excluding hydrogens is 659 g/mol. The molecule has 0 saturated carbocycles. The molecule has 47 heavy (non-hydrogen) atoms. The number of thiazole rings is 1. The van der Waals surface area contributed by atoms with E-state index < -0.39 is 53.2 Å². The number of carbonyl (C=O) groups is 3. The Balaban J connectivity index is 1.28. The van der Waals surface area contributed by atoms with Crippen molar-refractivity contribution in [2.24, 2.45) is 5.92 Å². The van der Waals surface area contributed by atoms with Gasteiger partial charge in [0.2, 0.25) is 11.8 Å². The van der Waals surface area contributed by atoms with Crippen molar-refractivity contribution in [3.8, 4) is 17.2 Å². The lowest BCUT2D eigenvalue weighted by Gasteiger charge is -2.30. The van der Waals surface area contributed by atoms with Gasteiger partial charge in [0.05, 0.1) is 35.9 Å². The lowest BCUT2D eigenvalue weighted by atomic mass is 9.83. The Kier molecular flexibility index (Phi) is 8.76. The number of imide groups is 1. The fourth-order valence-corrected chi connectivity index (χ4v) is 8.10. The Hall–Kier alpha value is -4.76. The summed E-state index contributed by atoms with van der Waals surface area (Å²) in [5.41, 5.74) is 0.0329. The molecule has 0 aliphatic carbocycles. The Labute approximate surface area is 273 Å². The van der Waals surface area contributed by atoms with Gasteiger partial charge in [-0.3, -0.25) is 19.2 Å². The number of benzene rings is 3. The van der Waals surface area contributed by atoms with Gasteiger partial charge in [0, 0.05) is 16.5 Å². The average Bonchev–Trinajstić information content (AvgIpc) is 3.54. The van der Waals surface area contributed by atoms with Gasteiger partial charge < -0.3 is 24.5 Å². The van der Waals surface area contributed by atoms with E-state index in [0.29, 0.717) is 26.9 Å². The minimum absolute atomic E-state index is 0.0423. The number of anilines is 2. The highest BCUT2D eigenvalue weighted by molar-refractivity contribution is 8.00. The van der Waals surface area contributed by atoms with E-state index in [0.717, 1.165) is 40.1 Å². The number of nitrogens with one attached hydrogen (secondary N) is 2. The number of nitrogens with zero attached hydrogens (tertiary/aromatic N) is 1. The van der Waals surface area contributed by atoms with Crippen molar-refractivity contribution in [1.29, 1.82) is 0 Å². The first-order valence-electron chi connectivity index (χ1n) is 14.3. The maximum absolute atomic E-state index is 14.0. The number of aromatic amines is 1. The fourth-order valence-electron chi connectivity index (χ4n) is 5.58. The normalized spacial score (nSPS) is 18.8. The first kappa shape index (κ1) is 32.2. The molecule has 3 amide bonds. The lowest BCUT2D eigenvalue weighted by Crippen LogP contribution is -2.32. The monoisotopic (exact) mass is 685 g/mol. The molecule has 0 spiro atoms. The highest BCUT2D eigenvalue weighted by Crippen LogP contribution is 2.54. The quantitative estimate of drug-likeness (QED) is 0.216. The van der Waals surface area contributed by atoms with Crippen molar-refractivity contribution in [2.75, 3.05) is 30.5 Å². The molecule has 3 aromatic carbocycles. The molecule has 3 atom stereocenters. The van der Waals surface area contributed by atoms with Crippen LogP contribution in [-0.4, -0.2) is 48.3 Å².